The molecule has 2 heterocycles. The van der Waals surface area contributed by atoms with Gasteiger partial charge in [0.15, 0.2) is 0 Å². The molecule has 2 fully saturated rings. The highest BCUT2D eigenvalue weighted by Crippen LogP contribution is 2.40. The van der Waals surface area contributed by atoms with Crippen LogP contribution in [-0.4, -0.2) is 42.1 Å². The normalized spacial score (nSPS) is 23.4. The van der Waals surface area contributed by atoms with Crippen molar-refractivity contribution in [2.45, 2.75) is 63.7 Å². The molecule has 0 radical (unpaired) electrons. The topological polar surface area (TPSA) is 58.6 Å². The van der Waals surface area contributed by atoms with Crippen molar-refractivity contribution in [3.63, 3.8) is 0 Å². The summed E-state index contributed by atoms with van der Waals surface area (Å²) in [6.45, 7) is 2.37. The maximum Gasteiger partial charge on any atom is 0.417 e. The summed E-state index contributed by atoms with van der Waals surface area (Å²) in [7, 11) is 0. The predicted molar refractivity (Wildman–Crippen MR) is 101 cm³/mol. The zero-order chi connectivity index (χ0) is 21.9. The number of nitrogens with one attached hydrogen (secondary N) is 1. The fourth-order valence-electron chi connectivity index (χ4n) is 4.66. The lowest BCUT2D eigenvalue weighted by atomic mass is 9.87. The number of hydrogen-bond acceptors (Lipinski definition) is 3. The quantitative estimate of drug-likeness (QED) is 0.523. The molecule has 2 aliphatic rings. The molecule has 1 aromatic rings. The van der Waals surface area contributed by atoms with Crippen LogP contribution in [0.4, 0.5) is 22.4 Å². The lowest BCUT2D eigenvalue weighted by molar-refractivity contribution is -0.138. The highest BCUT2D eigenvalue weighted by molar-refractivity contribution is 5.95. The standard InChI is InChI=1S/C21H26F4N2O3/c1-2-30-20(29)27-15-6-7-16(27)11-13(10-15)4-3-9-26-19(28)17-8-5-14(22)12-18(17)21(23,24)25/h5,8,12-13,15-16H,2-4,6-7,9-11H2,1H3,(H,26,28). The molecule has 0 aliphatic carbocycles. The molecule has 30 heavy (non-hydrogen) atoms. The molecule has 2 aliphatic heterocycles. The molecule has 5 nitrogen and oxygen atoms in total. The van der Waals surface area contributed by atoms with Gasteiger partial charge in [-0.1, -0.05) is 0 Å². The van der Waals surface area contributed by atoms with Gasteiger partial charge in [0, 0.05) is 18.6 Å². The Kier molecular flexibility index (Phi) is 6.88. The molecule has 2 atom stereocenters. The number of benzene rings is 1. The summed E-state index contributed by atoms with van der Waals surface area (Å²) in [5.41, 5.74) is -1.85. The molecule has 1 aromatic carbocycles. The van der Waals surface area contributed by atoms with Crippen LogP contribution in [0.5, 0.6) is 0 Å². The van der Waals surface area contributed by atoms with Gasteiger partial charge in [0.25, 0.3) is 5.91 Å². The van der Waals surface area contributed by atoms with E-state index in [1.54, 1.807) is 6.92 Å². The minimum Gasteiger partial charge on any atom is -0.450 e. The summed E-state index contributed by atoms with van der Waals surface area (Å²) in [6, 6.07) is 2.39. The number of carbonyl (C=O) groups is 2. The molecule has 2 bridgehead atoms. The molecule has 0 saturated carbocycles. The third-order valence-electron chi connectivity index (χ3n) is 5.92. The fraction of sp³-hybridized carbons (Fsp3) is 0.619. The van der Waals surface area contributed by atoms with E-state index in [0.717, 1.165) is 44.2 Å². The summed E-state index contributed by atoms with van der Waals surface area (Å²) in [5.74, 6) is -1.50. The van der Waals surface area contributed by atoms with E-state index >= 15 is 0 Å². The van der Waals surface area contributed by atoms with Crippen LogP contribution in [-0.2, 0) is 10.9 Å². The lowest BCUT2D eigenvalue weighted by Gasteiger charge is -2.38. The number of fused-ring (bicyclic) bond motifs is 2. The third-order valence-corrected chi connectivity index (χ3v) is 5.92. The first kappa shape index (κ1) is 22.4. The van der Waals surface area contributed by atoms with Crippen LogP contribution in [0.25, 0.3) is 0 Å². The van der Waals surface area contributed by atoms with Crippen LogP contribution < -0.4 is 5.32 Å². The van der Waals surface area contributed by atoms with Crippen molar-refractivity contribution in [3.8, 4) is 0 Å². The van der Waals surface area contributed by atoms with Gasteiger partial charge in [-0.3, -0.25) is 4.79 Å². The second kappa shape index (κ2) is 9.22. The van der Waals surface area contributed by atoms with E-state index in [9.17, 15) is 27.2 Å². The maximum absolute atomic E-state index is 13.2. The van der Waals surface area contributed by atoms with Crippen molar-refractivity contribution < 1.29 is 31.9 Å². The predicted octanol–water partition coefficient (Wildman–Crippen LogP) is 4.75. The van der Waals surface area contributed by atoms with E-state index in [-0.39, 0.29) is 24.7 Å². The maximum atomic E-state index is 13.2. The largest absolute Gasteiger partial charge is 0.450 e. The summed E-state index contributed by atoms with van der Waals surface area (Å²) in [5, 5.41) is 2.51. The third kappa shape index (κ3) is 5.05. The average molecular weight is 430 g/mol. The van der Waals surface area contributed by atoms with Gasteiger partial charge >= 0.3 is 12.3 Å². The van der Waals surface area contributed by atoms with E-state index in [1.165, 1.54) is 0 Å². The second-order valence-electron chi connectivity index (χ2n) is 7.91. The van der Waals surface area contributed by atoms with Crippen LogP contribution in [0.3, 0.4) is 0 Å². The van der Waals surface area contributed by atoms with E-state index in [1.807, 2.05) is 4.90 Å². The number of ether oxygens (including phenoxy) is 1. The number of nitrogens with zero attached hydrogens (tertiary/aromatic N) is 1. The summed E-state index contributed by atoms with van der Waals surface area (Å²) in [4.78, 5) is 26.1. The Morgan fingerprint density at radius 3 is 2.47 bits per heavy atom. The molecule has 9 heteroatoms. The molecular weight excluding hydrogens is 404 g/mol. The van der Waals surface area contributed by atoms with Gasteiger partial charge in [-0.15, -0.1) is 0 Å². The van der Waals surface area contributed by atoms with E-state index in [2.05, 4.69) is 5.32 Å². The van der Waals surface area contributed by atoms with Crippen LogP contribution in [0.1, 0.15) is 61.4 Å². The fourth-order valence-corrected chi connectivity index (χ4v) is 4.66. The zero-order valence-corrected chi connectivity index (χ0v) is 16.8. The number of amides is 2. The van der Waals surface area contributed by atoms with Gasteiger partial charge in [-0.25, -0.2) is 9.18 Å². The monoisotopic (exact) mass is 430 g/mol. The van der Waals surface area contributed by atoms with Gasteiger partial charge < -0.3 is 15.0 Å². The molecule has 3 rings (SSSR count). The molecule has 1 N–H and O–H groups in total. The number of rotatable bonds is 6. The molecule has 2 amide bonds. The van der Waals surface area contributed by atoms with Crippen molar-refractivity contribution in [2.75, 3.05) is 13.2 Å². The van der Waals surface area contributed by atoms with Gasteiger partial charge in [0.1, 0.15) is 5.82 Å². The lowest BCUT2D eigenvalue weighted by Crippen LogP contribution is -2.46. The molecule has 0 spiro atoms. The Morgan fingerprint density at radius 2 is 1.87 bits per heavy atom. The van der Waals surface area contributed by atoms with Gasteiger partial charge in [0.05, 0.1) is 17.7 Å². The average Bonchev–Trinajstić information content (AvgIpc) is 2.95. The highest BCUT2D eigenvalue weighted by atomic mass is 19.4. The van der Waals surface area contributed by atoms with E-state index < -0.39 is 29.0 Å². The molecule has 2 saturated heterocycles. The smallest absolute Gasteiger partial charge is 0.417 e. The van der Waals surface area contributed by atoms with Crippen molar-refractivity contribution >= 4 is 12.0 Å². The number of alkyl halides is 3. The number of piperidine rings is 1. The SMILES string of the molecule is CCOC(=O)N1C2CCC1CC(CCCNC(=O)c1ccc(F)cc1C(F)(F)F)C2. The Bertz CT molecular complexity index is 770. The van der Waals surface area contributed by atoms with Crippen LogP contribution in [0.15, 0.2) is 18.2 Å². The van der Waals surface area contributed by atoms with Gasteiger partial charge in [0.2, 0.25) is 0 Å². The molecule has 0 aromatic heterocycles. The highest BCUT2D eigenvalue weighted by Gasteiger charge is 2.43. The first-order chi connectivity index (χ1) is 14.2. The molecule has 2 unspecified atom stereocenters. The summed E-state index contributed by atoms with van der Waals surface area (Å²) in [6.07, 6.45) is 0.0515. The van der Waals surface area contributed by atoms with E-state index in [4.69, 9.17) is 4.74 Å². The first-order valence-corrected chi connectivity index (χ1v) is 10.3. The molecule has 166 valence electrons. The Balaban J connectivity index is 1.48. The first-order valence-electron chi connectivity index (χ1n) is 10.3. The van der Waals surface area contributed by atoms with Crippen molar-refractivity contribution in [1.29, 1.82) is 0 Å². The Morgan fingerprint density at radius 1 is 1.20 bits per heavy atom. The van der Waals surface area contributed by atoms with Gasteiger partial charge in [-0.05, 0) is 69.6 Å². The van der Waals surface area contributed by atoms with Crippen molar-refractivity contribution in [3.05, 3.63) is 35.1 Å². The van der Waals surface area contributed by atoms with E-state index in [0.29, 0.717) is 25.0 Å². The number of carbonyl (C=O) groups excluding carboxylic acids is 2. The van der Waals surface area contributed by atoms with Gasteiger partial charge in [-0.2, -0.15) is 13.2 Å². The van der Waals surface area contributed by atoms with Crippen LogP contribution in [0, 0.1) is 11.7 Å². The van der Waals surface area contributed by atoms with Crippen LogP contribution >= 0.6 is 0 Å². The van der Waals surface area contributed by atoms with Crippen molar-refractivity contribution in [2.24, 2.45) is 5.92 Å². The summed E-state index contributed by atoms with van der Waals surface area (Å²) >= 11 is 0. The number of hydrogen-bond donors (Lipinski definition) is 1. The zero-order valence-electron chi connectivity index (χ0n) is 16.8. The summed E-state index contributed by atoms with van der Waals surface area (Å²) < 4.78 is 57.5. The van der Waals surface area contributed by atoms with Crippen molar-refractivity contribution in [1.82, 2.24) is 10.2 Å². The Labute approximate surface area is 172 Å². The Hall–Kier alpha value is -2.32. The number of halogens is 4. The van der Waals surface area contributed by atoms with Crippen LogP contribution in [0.2, 0.25) is 0 Å². The molecular formula is C21H26F4N2O3. The minimum absolute atomic E-state index is 0.177. The minimum atomic E-state index is -4.80. The second-order valence-corrected chi connectivity index (χ2v) is 7.91.